The Morgan fingerprint density at radius 3 is 2.48 bits per heavy atom. The molecule has 0 atom stereocenters. The number of nitro benzene ring substituents is 1. The van der Waals surface area contributed by atoms with E-state index in [1.807, 2.05) is 0 Å². The van der Waals surface area contributed by atoms with Crippen LogP contribution in [0.5, 0.6) is 0 Å². The van der Waals surface area contributed by atoms with Crippen LogP contribution in [-0.2, 0) is 0 Å². The van der Waals surface area contributed by atoms with E-state index in [1.54, 1.807) is 0 Å². The van der Waals surface area contributed by atoms with E-state index in [4.69, 9.17) is 12.2 Å². The number of carbonyl (C=O) groups excluding carboxylic acids is 1. The van der Waals surface area contributed by atoms with Crippen LogP contribution in [0.4, 0.5) is 5.69 Å². The Bertz CT molecular complexity index is 505. The van der Waals surface area contributed by atoms with E-state index in [2.05, 4.69) is 23.1 Å². The lowest BCUT2D eigenvalue weighted by Gasteiger charge is -2.11. The summed E-state index contributed by atoms with van der Waals surface area (Å²) in [6.45, 7) is 2.86. The van der Waals surface area contributed by atoms with Crippen LogP contribution < -0.4 is 16.2 Å². The topological polar surface area (TPSA) is 96.3 Å². The summed E-state index contributed by atoms with van der Waals surface area (Å²) in [6.07, 6.45) is 3.25. The number of benzene rings is 1. The molecule has 0 spiro atoms. The zero-order valence-electron chi connectivity index (χ0n) is 11.7. The minimum Gasteiger partial charge on any atom is -0.361 e. The highest BCUT2D eigenvalue weighted by atomic mass is 32.1. The first-order chi connectivity index (χ1) is 10.0. The Kier molecular flexibility index (Phi) is 7.10. The molecular formula is C13H18N4O3S. The van der Waals surface area contributed by atoms with Crippen LogP contribution in [-0.4, -0.2) is 22.5 Å². The summed E-state index contributed by atoms with van der Waals surface area (Å²) in [4.78, 5) is 21.8. The van der Waals surface area contributed by atoms with Gasteiger partial charge in [-0.15, -0.1) is 0 Å². The van der Waals surface area contributed by atoms with Gasteiger partial charge in [-0.05, 0) is 30.8 Å². The molecule has 0 fully saturated rings. The number of nitrogens with zero attached hydrogens (tertiary/aromatic N) is 1. The number of unbranched alkanes of at least 4 members (excludes halogenated alkanes) is 2. The van der Waals surface area contributed by atoms with E-state index in [1.165, 1.54) is 24.3 Å². The summed E-state index contributed by atoms with van der Waals surface area (Å²) in [5.74, 6) is -0.414. The molecule has 21 heavy (non-hydrogen) atoms. The lowest BCUT2D eigenvalue weighted by Crippen LogP contribution is -2.46. The molecule has 0 radical (unpaired) electrons. The smallest absolute Gasteiger partial charge is 0.269 e. The number of thiocarbonyl (C=S) groups is 1. The van der Waals surface area contributed by atoms with Gasteiger partial charge in [0.2, 0.25) is 0 Å². The second kappa shape index (κ2) is 8.85. The number of amides is 1. The molecule has 1 amide bonds. The van der Waals surface area contributed by atoms with Crippen molar-refractivity contribution in [2.45, 2.75) is 26.2 Å². The molecule has 7 nitrogen and oxygen atoms in total. The zero-order chi connectivity index (χ0) is 15.7. The first-order valence-corrected chi connectivity index (χ1v) is 7.04. The molecule has 0 heterocycles. The van der Waals surface area contributed by atoms with Gasteiger partial charge in [-0.3, -0.25) is 25.8 Å². The van der Waals surface area contributed by atoms with E-state index in [-0.39, 0.29) is 5.69 Å². The molecule has 0 aliphatic rings. The third-order valence-electron chi connectivity index (χ3n) is 2.70. The van der Waals surface area contributed by atoms with Gasteiger partial charge in [0, 0.05) is 24.2 Å². The summed E-state index contributed by atoms with van der Waals surface area (Å²) >= 11 is 5.00. The number of hydrogen-bond acceptors (Lipinski definition) is 4. The molecule has 0 aromatic heterocycles. The number of carbonyl (C=O) groups is 1. The molecule has 0 saturated carbocycles. The van der Waals surface area contributed by atoms with Gasteiger partial charge in [-0.1, -0.05) is 19.8 Å². The predicted molar refractivity (Wildman–Crippen MR) is 83.8 cm³/mol. The Balaban J connectivity index is 2.36. The zero-order valence-corrected chi connectivity index (χ0v) is 12.5. The highest BCUT2D eigenvalue weighted by Gasteiger charge is 2.09. The maximum atomic E-state index is 11.8. The van der Waals surface area contributed by atoms with Crippen molar-refractivity contribution in [3.63, 3.8) is 0 Å². The van der Waals surface area contributed by atoms with Crippen LogP contribution in [0.3, 0.4) is 0 Å². The van der Waals surface area contributed by atoms with Gasteiger partial charge in [0.05, 0.1) is 4.92 Å². The number of hydrazine groups is 1. The fourth-order valence-electron chi connectivity index (χ4n) is 1.54. The highest BCUT2D eigenvalue weighted by molar-refractivity contribution is 7.80. The summed E-state index contributed by atoms with van der Waals surface area (Å²) in [6, 6.07) is 5.31. The number of hydrogen-bond donors (Lipinski definition) is 3. The second-order valence-corrected chi connectivity index (χ2v) is 4.75. The second-order valence-electron chi connectivity index (χ2n) is 4.35. The van der Waals surface area contributed by atoms with Crippen molar-refractivity contribution in [2.24, 2.45) is 0 Å². The first kappa shape index (κ1) is 16.8. The molecular weight excluding hydrogens is 292 g/mol. The van der Waals surface area contributed by atoms with E-state index in [9.17, 15) is 14.9 Å². The van der Waals surface area contributed by atoms with Gasteiger partial charge < -0.3 is 5.32 Å². The van der Waals surface area contributed by atoms with Crippen molar-refractivity contribution in [1.29, 1.82) is 0 Å². The van der Waals surface area contributed by atoms with Crippen molar-refractivity contribution in [3.05, 3.63) is 39.9 Å². The normalized spacial score (nSPS) is 9.76. The number of rotatable bonds is 6. The van der Waals surface area contributed by atoms with Crippen molar-refractivity contribution in [1.82, 2.24) is 16.2 Å². The van der Waals surface area contributed by atoms with Crippen LogP contribution >= 0.6 is 12.2 Å². The van der Waals surface area contributed by atoms with Gasteiger partial charge in [0.25, 0.3) is 11.6 Å². The van der Waals surface area contributed by atoms with Crippen LogP contribution in [0.1, 0.15) is 36.5 Å². The molecule has 0 aliphatic heterocycles. The Morgan fingerprint density at radius 2 is 1.90 bits per heavy atom. The molecule has 8 heteroatoms. The van der Waals surface area contributed by atoms with Gasteiger partial charge in [-0.2, -0.15) is 0 Å². The maximum absolute atomic E-state index is 11.8. The molecule has 0 aliphatic carbocycles. The molecule has 0 saturated heterocycles. The summed E-state index contributed by atoms with van der Waals surface area (Å²) in [5, 5.41) is 13.8. The Hall–Kier alpha value is -2.22. The third kappa shape index (κ3) is 6.17. The largest absolute Gasteiger partial charge is 0.361 e. The third-order valence-corrected chi connectivity index (χ3v) is 2.94. The lowest BCUT2D eigenvalue weighted by molar-refractivity contribution is -0.384. The monoisotopic (exact) mass is 310 g/mol. The van der Waals surface area contributed by atoms with E-state index >= 15 is 0 Å². The minimum atomic E-state index is -0.519. The first-order valence-electron chi connectivity index (χ1n) is 6.63. The van der Waals surface area contributed by atoms with E-state index < -0.39 is 10.8 Å². The lowest BCUT2D eigenvalue weighted by atomic mass is 10.2. The minimum absolute atomic E-state index is 0.0624. The molecule has 1 aromatic rings. The van der Waals surface area contributed by atoms with Crippen molar-refractivity contribution in [2.75, 3.05) is 6.54 Å². The van der Waals surface area contributed by atoms with Crippen molar-refractivity contribution < 1.29 is 9.72 Å². The summed E-state index contributed by atoms with van der Waals surface area (Å²) in [7, 11) is 0. The Labute approximate surface area is 128 Å². The van der Waals surface area contributed by atoms with Gasteiger partial charge in [-0.25, -0.2) is 0 Å². The maximum Gasteiger partial charge on any atom is 0.269 e. The summed E-state index contributed by atoms with van der Waals surface area (Å²) < 4.78 is 0. The Morgan fingerprint density at radius 1 is 1.24 bits per heavy atom. The SMILES string of the molecule is CCCCCNC(=S)NNC(=O)c1ccc([N+](=O)[O-])cc1. The van der Waals surface area contributed by atoms with Crippen LogP contribution in [0.15, 0.2) is 24.3 Å². The molecule has 3 N–H and O–H groups in total. The molecule has 1 aromatic carbocycles. The standard InChI is InChI=1S/C13H18N4O3S/c1-2-3-4-9-14-13(21)16-15-12(18)10-5-7-11(8-6-10)17(19)20/h5-8H,2-4,9H2,1H3,(H,15,18)(H2,14,16,21). The van der Waals surface area contributed by atoms with Crippen LogP contribution in [0.2, 0.25) is 0 Å². The van der Waals surface area contributed by atoms with Crippen molar-refractivity contribution >= 4 is 28.9 Å². The molecule has 114 valence electrons. The molecule has 0 bridgehead atoms. The average Bonchev–Trinajstić information content (AvgIpc) is 2.49. The van der Waals surface area contributed by atoms with Gasteiger partial charge in [0.15, 0.2) is 5.11 Å². The van der Waals surface area contributed by atoms with Gasteiger partial charge >= 0.3 is 0 Å². The number of nitro groups is 1. The quantitative estimate of drug-likeness (QED) is 0.321. The highest BCUT2D eigenvalue weighted by Crippen LogP contribution is 2.11. The summed E-state index contributed by atoms with van der Waals surface area (Å²) in [5.41, 5.74) is 5.25. The van der Waals surface area contributed by atoms with Crippen molar-refractivity contribution in [3.8, 4) is 0 Å². The fraction of sp³-hybridized carbons (Fsp3) is 0.385. The number of non-ortho nitro benzene ring substituents is 1. The van der Waals surface area contributed by atoms with E-state index in [0.717, 1.165) is 25.8 Å². The van der Waals surface area contributed by atoms with E-state index in [0.29, 0.717) is 10.7 Å². The average molecular weight is 310 g/mol. The van der Waals surface area contributed by atoms with Crippen LogP contribution in [0, 0.1) is 10.1 Å². The molecule has 1 rings (SSSR count). The van der Waals surface area contributed by atoms with Gasteiger partial charge in [0.1, 0.15) is 0 Å². The van der Waals surface area contributed by atoms with Crippen LogP contribution in [0.25, 0.3) is 0 Å². The predicted octanol–water partition coefficient (Wildman–Crippen LogP) is 1.89. The number of nitrogens with one attached hydrogen (secondary N) is 3. The molecule has 0 unspecified atom stereocenters. The fourth-order valence-corrected chi connectivity index (χ4v) is 1.69.